The van der Waals surface area contributed by atoms with Crippen LogP contribution < -0.4 is 9.64 Å². The standard InChI is InChI=1S/C28H24N4O2S3/c1-4-31-22-15-20(34-3)11-13-23(22)36-27(31)25-26(33)32(16-18-8-6-5-7-9-18)28(37-25)30-19-10-12-21-24(14-19)35-17(2)29-21/h5-15H,4,16H2,1-3H3. The number of ether oxygens (including phenoxy) is 1. The zero-order valence-electron chi connectivity index (χ0n) is 20.6. The zero-order chi connectivity index (χ0) is 25.5. The number of carbonyl (C=O) groups is 1. The van der Waals surface area contributed by atoms with Crippen LogP contribution in [0.2, 0.25) is 0 Å². The molecular formula is C28H24N4O2S3. The highest BCUT2D eigenvalue weighted by atomic mass is 32.2. The molecular weight excluding hydrogens is 521 g/mol. The minimum Gasteiger partial charge on any atom is -0.497 e. The lowest BCUT2D eigenvalue weighted by atomic mass is 10.2. The number of amidine groups is 1. The maximum absolute atomic E-state index is 13.9. The Hall–Kier alpha value is -3.27. The second kappa shape index (κ2) is 9.89. The van der Waals surface area contributed by atoms with E-state index >= 15 is 0 Å². The summed E-state index contributed by atoms with van der Waals surface area (Å²) in [7, 11) is 1.67. The van der Waals surface area contributed by atoms with Crippen LogP contribution >= 0.6 is 34.9 Å². The van der Waals surface area contributed by atoms with Gasteiger partial charge in [-0.25, -0.2) is 9.98 Å². The molecule has 3 aromatic carbocycles. The van der Waals surface area contributed by atoms with Crippen LogP contribution in [0.3, 0.4) is 0 Å². The molecule has 1 amide bonds. The molecule has 6 rings (SSSR count). The van der Waals surface area contributed by atoms with Crippen molar-refractivity contribution in [3.05, 3.63) is 87.2 Å². The molecule has 0 saturated carbocycles. The average molecular weight is 545 g/mol. The van der Waals surface area contributed by atoms with Crippen LogP contribution in [0.5, 0.6) is 5.75 Å². The number of hydrogen-bond donors (Lipinski definition) is 0. The number of hydrogen-bond acceptors (Lipinski definition) is 8. The quantitative estimate of drug-likeness (QED) is 0.248. The number of aliphatic imine (C=N–C) groups is 1. The number of aryl methyl sites for hydroxylation is 1. The number of carbonyl (C=O) groups excluding carboxylic acids is 1. The number of anilines is 1. The molecule has 186 valence electrons. The molecule has 1 aromatic heterocycles. The SMILES string of the molecule is CCN1C(=C2SC(=Nc3ccc4nc(C)sc4c3)N(Cc3ccccc3)C2=O)Sc2ccc(OC)cc21. The Morgan fingerprint density at radius 1 is 1.00 bits per heavy atom. The van der Waals surface area contributed by atoms with Gasteiger partial charge in [0.1, 0.15) is 15.7 Å². The summed E-state index contributed by atoms with van der Waals surface area (Å²) in [5.41, 5.74) is 3.91. The molecule has 1 fully saturated rings. The largest absolute Gasteiger partial charge is 0.497 e. The highest BCUT2D eigenvalue weighted by Gasteiger charge is 2.39. The lowest BCUT2D eigenvalue weighted by Gasteiger charge is -2.19. The van der Waals surface area contributed by atoms with Crippen LogP contribution in [-0.2, 0) is 11.3 Å². The molecule has 0 bridgehead atoms. The first-order valence-electron chi connectivity index (χ1n) is 11.9. The number of nitrogens with zero attached hydrogens (tertiary/aromatic N) is 4. The molecule has 4 aromatic rings. The van der Waals surface area contributed by atoms with E-state index in [1.54, 1.807) is 35.1 Å². The fourth-order valence-electron chi connectivity index (χ4n) is 4.40. The summed E-state index contributed by atoms with van der Waals surface area (Å²) in [5, 5.41) is 2.65. The average Bonchev–Trinajstić information content (AvgIpc) is 3.56. The summed E-state index contributed by atoms with van der Waals surface area (Å²) < 4.78 is 6.55. The minimum atomic E-state index is -0.0250. The molecule has 6 nitrogen and oxygen atoms in total. The normalized spacial score (nSPS) is 18.4. The van der Waals surface area contributed by atoms with Gasteiger partial charge in [-0.2, -0.15) is 0 Å². The summed E-state index contributed by atoms with van der Waals surface area (Å²) >= 11 is 4.73. The molecule has 9 heteroatoms. The van der Waals surface area contributed by atoms with Crippen molar-refractivity contribution < 1.29 is 9.53 Å². The summed E-state index contributed by atoms with van der Waals surface area (Å²) in [4.78, 5) is 29.3. The zero-order valence-corrected chi connectivity index (χ0v) is 23.0. The van der Waals surface area contributed by atoms with Crippen LogP contribution in [0.15, 0.2) is 86.6 Å². The topological polar surface area (TPSA) is 58.0 Å². The Morgan fingerprint density at radius 2 is 1.84 bits per heavy atom. The van der Waals surface area contributed by atoms with Crippen molar-refractivity contribution in [1.82, 2.24) is 9.88 Å². The lowest BCUT2D eigenvalue weighted by Crippen LogP contribution is -2.29. The number of aromatic nitrogens is 1. The molecule has 2 aliphatic rings. The van der Waals surface area contributed by atoms with Crippen molar-refractivity contribution in [3.63, 3.8) is 0 Å². The maximum Gasteiger partial charge on any atom is 0.269 e. The van der Waals surface area contributed by atoms with E-state index in [0.29, 0.717) is 16.6 Å². The summed E-state index contributed by atoms with van der Waals surface area (Å²) in [6, 6.07) is 22.1. The van der Waals surface area contributed by atoms with E-state index in [2.05, 4.69) is 28.9 Å². The van der Waals surface area contributed by atoms with Crippen molar-refractivity contribution in [1.29, 1.82) is 0 Å². The highest BCUT2D eigenvalue weighted by molar-refractivity contribution is 8.19. The van der Waals surface area contributed by atoms with Gasteiger partial charge in [-0.1, -0.05) is 42.1 Å². The number of benzene rings is 3. The predicted octanol–water partition coefficient (Wildman–Crippen LogP) is 7.18. The van der Waals surface area contributed by atoms with Crippen molar-refractivity contribution >= 4 is 67.5 Å². The molecule has 37 heavy (non-hydrogen) atoms. The third-order valence-electron chi connectivity index (χ3n) is 6.17. The summed E-state index contributed by atoms with van der Waals surface area (Å²) in [6.07, 6.45) is 0. The number of amides is 1. The number of thioether (sulfide) groups is 2. The van der Waals surface area contributed by atoms with Gasteiger partial charge in [-0.3, -0.25) is 9.69 Å². The second-order valence-corrected chi connectivity index (χ2v) is 11.8. The third-order valence-corrected chi connectivity index (χ3v) is 9.48. The predicted molar refractivity (Wildman–Crippen MR) is 155 cm³/mol. The molecule has 2 aliphatic heterocycles. The van der Waals surface area contributed by atoms with Gasteiger partial charge >= 0.3 is 0 Å². The van der Waals surface area contributed by atoms with Gasteiger partial charge < -0.3 is 9.64 Å². The minimum absolute atomic E-state index is 0.0250. The fourth-order valence-corrected chi connectivity index (χ4v) is 7.64. The van der Waals surface area contributed by atoms with Gasteiger partial charge in [-0.15, -0.1) is 11.3 Å². The first kappa shape index (κ1) is 24.1. The Bertz CT molecular complexity index is 1580. The molecule has 0 radical (unpaired) electrons. The van der Waals surface area contributed by atoms with Crippen LogP contribution in [0, 0.1) is 6.92 Å². The molecule has 3 heterocycles. The molecule has 0 spiro atoms. The van der Waals surface area contributed by atoms with E-state index < -0.39 is 0 Å². The molecule has 0 atom stereocenters. The second-order valence-electron chi connectivity index (χ2n) is 8.57. The van der Waals surface area contributed by atoms with E-state index in [-0.39, 0.29) is 5.91 Å². The van der Waals surface area contributed by atoms with Gasteiger partial charge in [0.2, 0.25) is 0 Å². The van der Waals surface area contributed by atoms with E-state index in [9.17, 15) is 4.79 Å². The maximum atomic E-state index is 13.9. The summed E-state index contributed by atoms with van der Waals surface area (Å²) in [5.74, 6) is 0.777. The van der Waals surface area contributed by atoms with Crippen LogP contribution in [0.1, 0.15) is 17.5 Å². The lowest BCUT2D eigenvalue weighted by molar-refractivity contribution is -0.122. The Labute approximate surface area is 228 Å². The first-order valence-corrected chi connectivity index (χ1v) is 14.4. The van der Waals surface area contributed by atoms with E-state index in [4.69, 9.17) is 9.73 Å². The Kier molecular flexibility index (Phi) is 6.44. The van der Waals surface area contributed by atoms with Crippen LogP contribution in [0.4, 0.5) is 11.4 Å². The van der Waals surface area contributed by atoms with E-state index in [1.165, 1.54) is 11.8 Å². The Morgan fingerprint density at radius 3 is 2.62 bits per heavy atom. The number of rotatable bonds is 5. The smallest absolute Gasteiger partial charge is 0.269 e. The van der Waals surface area contributed by atoms with Gasteiger partial charge in [0.25, 0.3) is 5.91 Å². The monoisotopic (exact) mass is 544 g/mol. The first-order chi connectivity index (χ1) is 18.0. The number of fused-ring (bicyclic) bond motifs is 2. The van der Waals surface area contributed by atoms with E-state index in [1.807, 2.05) is 61.5 Å². The summed E-state index contributed by atoms with van der Waals surface area (Å²) in [6.45, 7) is 5.31. The molecule has 0 N–H and O–H groups in total. The van der Waals surface area contributed by atoms with Gasteiger partial charge in [-0.05, 0) is 61.5 Å². The van der Waals surface area contributed by atoms with Crippen molar-refractivity contribution in [2.24, 2.45) is 4.99 Å². The molecule has 0 unspecified atom stereocenters. The van der Waals surface area contributed by atoms with Crippen molar-refractivity contribution in [2.75, 3.05) is 18.6 Å². The van der Waals surface area contributed by atoms with Crippen LogP contribution in [0.25, 0.3) is 10.2 Å². The fraction of sp³-hybridized carbons (Fsp3) is 0.179. The van der Waals surface area contributed by atoms with Crippen molar-refractivity contribution in [3.8, 4) is 5.75 Å². The Balaban J connectivity index is 1.42. The number of methoxy groups -OCH3 is 1. The molecule has 1 saturated heterocycles. The number of thiazole rings is 1. The highest BCUT2D eigenvalue weighted by Crippen LogP contribution is 2.51. The third kappa shape index (κ3) is 4.52. The van der Waals surface area contributed by atoms with E-state index in [0.717, 1.165) is 54.4 Å². The van der Waals surface area contributed by atoms with Gasteiger partial charge in [0.15, 0.2) is 5.17 Å². The van der Waals surface area contributed by atoms with Crippen molar-refractivity contribution in [2.45, 2.75) is 25.3 Å². The van der Waals surface area contributed by atoms with Gasteiger partial charge in [0.05, 0.1) is 40.3 Å². The van der Waals surface area contributed by atoms with Crippen LogP contribution in [-0.4, -0.2) is 34.6 Å². The molecule has 0 aliphatic carbocycles. The van der Waals surface area contributed by atoms with Gasteiger partial charge in [0, 0.05) is 17.5 Å².